The summed E-state index contributed by atoms with van der Waals surface area (Å²) in [5.41, 5.74) is 10.4. The molecule has 8 atom stereocenters. The van der Waals surface area contributed by atoms with Gasteiger partial charge in [-0.3, -0.25) is 4.79 Å². The third-order valence-corrected chi connectivity index (χ3v) is 13.6. The van der Waals surface area contributed by atoms with Crippen LogP contribution in [0, 0.1) is 29.1 Å². The van der Waals surface area contributed by atoms with E-state index >= 15 is 0 Å². The predicted molar refractivity (Wildman–Crippen MR) is 134 cm³/mol. The highest BCUT2D eigenvalue weighted by Crippen LogP contribution is 2.86. The summed E-state index contributed by atoms with van der Waals surface area (Å²) in [7, 11) is -2.69. The van der Waals surface area contributed by atoms with Gasteiger partial charge in [-0.1, -0.05) is 20.3 Å². The van der Waals surface area contributed by atoms with Gasteiger partial charge in [0.25, 0.3) is 10.2 Å². The van der Waals surface area contributed by atoms with E-state index in [0.717, 1.165) is 25.2 Å². The van der Waals surface area contributed by atoms with Crippen LogP contribution < -0.4 is 11.5 Å². The van der Waals surface area contributed by atoms with Gasteiger partial charge in [-0.25, -0.2) is 0 Å². The number of rotatable bonds is 9. The van der Waals surface area contributed by atoms with Crippen LogP contribution in [0.1, 0.15) is 59.8 Å². The lowest BCUT2D eigenvalue weighted by atomic mass is 9.20. The zero-order chi connectivity index (χ0) is 26.3. The summed E-state index contributed by atoms with van der Waals surface area (Å²) in [6, 6.07) is -0.377. The number of likely N-dealkylation sites (N-methyl/N-ethyl adjacent to an activating group) is 1. The van der Waals surface area contributed by atoms with Crippen LogP contribution in [0.3, 0.4) is 0 Å². The minimum atomic E-state index is -3.90. The van der Waals surface area contributed by atoms with Crippen molar-refractivity contribution >= 4 is 23.3 Å². The molecule has 2 unspecified atom stereocenters. The smallest absolute Gasteiger partial charge is 0.457 e. The van der Waals surface area contributed by atoms with E-state index in [0.29, 0.717) is 36.4 Å². The Bertz CT molecular complexity index is 1100. The second kappa shape index (κ2) is 7.25. The van der Waals surface area contributed by atoms with Crippen LogP contribution in [0.4, 0.5) is 0 Å². The Labute approximate surface area is 214 Å². The number of fused-ring (bicyclic) bond motifs is 1. The van der Waals surface area contributed by atoms with Gasteiger partial charge < -0.3 is 25.9 Å². The number of nitrogens with zero attached hydrogens (tertiary/aromatic N) is 2. The average molecular weight is 524 g/mol. The first kappa shape index (κ1) is 25.5. The first-order chi connectivity index (χ1) is 16.5. The van der Waals surface area contributed by atoms with Crippen LogP contribution in [-0.4, -0.2) is 83.7 Å². The lowest BCUT2D eigenvalue weighted by Gasteiger charge is -2.87. The van der Waals surface area contributed by atoms with Gasteiger partial charge in [-0.15, -0.1) is 0 Å². The molecular weight excluding hydrogens is 483 g/mol. The molecule has 1 spiro atoms. The van der Waals surface area contributed by atoms with Gasteiger partial charge in [0, 0.05) is 43.6 Å². The number of hydrogen-bond acceptors (Lipinski definition) is 7. The molecule has 2 aliphatic heterocycles. The van der Waals surface area contributed by atoms with Crippen LogP contribution in [0.5, 0.6) is 0 Å². The molecule has 2 saturated heterocycles. The van der Waals surface area contributed by atoms with Crippen molar-refractivity contribution in [1.29, 1.82) is 0 Å². The molecule has 2 heterocycles. The van der Waals surface area contributed by atoms with Gasteiger partial charge in [-0.05, 0) is 63.1 Å². The lowest BCUT2D eigenvalue weighted by Crippen LogP contribution is -2.92. The van der Waals surface area contributed by atoms with Gasteiger partial charge >= 0.3 is 13.1 Å². The summed E-state index contributed by atoms with van der Waals surface area (Å²) >= 11 is 0. The largest absolute Gasteiger partial charge is 0.480 e. The van der Waals surface area contributed by atoms with Crippen molar-refractivity contribution in [2.24, 2.45) is 40.6 Å². The fourth-order valence-electron chi connectivity index (χ4n) is 8.87. The summed E-state index contributed by atoms with van der Waals surface area (Å²) in [6.45, 7) is 8.51. The van der Waals surface area contributed by atoms with Gasteiger partial charge in [-0.2, -0.15) is 17.0 Å². The Morgan fingerprint density at radius 1 is 1.25 bits per heavy atom. The molecule has 0 amide bonds. The molecule has 0 aromatic heterocycles. The molecule has 6 fully saturated rings. The van der Waals surface area contributed by atoms with Gasteiger partial charge in [0.1, 0.15) is 5.54 Å². The topological polar surface area (TPSA) is 148 Å². The minimum Gasteiger partial charge on any atom is -0.480 e. The molecule has 4 aliphatic carbocycles. The number of nitrogens with two attached hydrogens (primary N) is 2. The van der Waals surface area contributed by atoms with Crippen molar-refractivity contribution < 1.29 is 27.6 Å². The average Bonchev–Trinajstić information content (AvgIpc) is 3.33. The first-order valence-electron chi connectivity index (χ1n) is 13.4. The van der Waals surface area contributed by atoms with E-state index in [2.05, 4.69) is 20.8 Å². The maximum Gasteiger partial charge on any atom is 0.457 e. The quantitative estimate of drug-likeness (QED) is 0.377. The summed E-state index contributed by atoms with van der Waals surface area (Å²) in [6.07, 6.45) is 4.40. The normalized spacial score (nSPS) is 46.4. The Balaban J connectivity index is 1.09. The third kappa shape index (κ3) is 2.90. The number of carboxylic acids is 1. The van der Waals surface area contributed by atoms with E-state index in [4.69, 9.17) is 20.8 Å². The van der Waals surface area contributed by atoms with Crippen LogP contribution >= 0.6 is 0 Å². The Kier molecular flexibility index (Phi) is 5.14. The number of aliphatic carboxylic acids is 1. The highest BCUT2D eigenvalue weighted by atomic mass is 32.2. The number of carbonyl (C=O) groups is 1. The second-order valence-electron chi connectivity index (χ2n) is 13.5. The summed E-state index contributed by atoms with van der Waals surface area (Å²) in [5, 5.41) is 9.96. The predicted octanol–water partition coefficient (Wildman–Crippen LogP) is 0.875. The lowest BCUT2D eigenvalue weighted by molar-refractivity contribution is -0.428. The molecular formula is C24H41BN4O6S. The molecule has 5 N–H and O–H groups in total. The molecule has 36 heavy (non-hydrogen) atoms. The molecule has 6 rings (SSSR count). The standard InChI is InChI=1S/C24H41BN4O6S/c1-14(22(26)8-9-22)28(5)36(32,33)29-12-15(23(27,13-29)19(30)31)7-6-10-25-34-21(4)18-17-16(20(18,2)3)11-24(17,21)35-25/h14-18H,6-13,26-27H2,1-5H3,(H,30,31)/t14?,15-,16-,17?,18+,21+,23-,24-/m0/s1. The highest BCUT2D eigenvalue weighted by molar-refractivity contribution is 7.86. The molecule has 0 aromatic carbocycles. The van der Waals surface area contributed by atoms with Gasteiger partial charge in [0.15, 0.2) is 0 Å². The molecule has 202 valence electrons. The van der Waals surface area contributed by atoms with Gasteiger partial charge in [0.05, 0.1) is 11.2 Å². The van der Waals surface area contributed by atoms with Crippen LogP contribution in [0.15, 0.2) is 0 Å². The summed E-state index contributed by atoms with van der Waals surface area (Å²) in [5.74, 6) is 0.204. The van der Waals surface area contributed by atoms with E-state index in [-0.39, 0.29) is 37.5 Å². The second-order valence-corrected chi connectivity index (χ2v) is 15.5. The van der Waals surface area contributed by atoms with Crippen molar-refractivity contribution in [3.63, 3.8) is 0 Å². The highest BCUT2D eigenvalue weighted by Gasteiger charge is 2.92. The van der Waals surface area contributed by atoms with E-state index in [1.165, 1.54) is 15.7 Å². The van der Waals surface area contributed by atoms with E-state index in [9.17, 15) is 18.3 Å². The molecule has 0 bridgehead atoms. The number of hydrogen-bond donors (Lipinski definition) is 3. The molecule has 0 aromatic rings. The van der Waals surface area contributed by atoms with Crippen LogP contribution in [0.2, 0.25) is 6.32 Å². The van der Waals surface area contributed by atoms with Crippen molar-refractivity contribution in [3.8, 4) is 0 Å². The van der Waals surface area contributed by atoms with Crippen LogP contribution in [0.25, 0.3) is 0 Å². The first-order valence-corrected chi connectivity index (χ1v) is 14.8. The zero-order valence-electron chi connectivity index (χ0n) is 22.1. The maximum atomic E-state index is 13.4. The van der Waals surface area contributed by atoms with Crippen molar-refractivity contribution in [1.82, 2.24) is 8.61 Å². The Hall–Kier alpha value is -0.755. The molecule has 4 saturated carbocycles. The fraction of sp³-hybridized carbons (Fsp3) is 0.958. The molecule has 12 heteroatoms. The molecule has 10 nitrogen and oxygen atoms in total. The van der Waals surface area contributed by atoms with E-state index < -0.39 is 33.2 Å². The monoisotopic (exact) mass is 524 g/mol. The van der Waals surface area contributed by atoms with E-state index in [1.54, 1.807) is 6.92 Å². The molecule has 6 aliphatic rings. The zero-order valence-corrected chi connectivity index (χ0v) is 22.9. The van der Waals surface area contributed by atoms with Crippen LogP contribution in [-0.2, 0) is 24.3 Å². The summed E-state index contributed by atoms with van der Waals surface area (Å²) < 4.78 is 42.2. The maximum absolute atomic E-state index is 13.4. The van der Waals surface area contributed by atoms with Crippen molar-refractivity contribution in [2.45, 2.75) is 94.4 Å². The SMILES string of the molecule is CC(N(C)S(=O)(=O)N1C[C@H](CCCB2O[C@@]34C[C@H]5C3[C@H](C5(C)C)[C@@]4(C)O2)[C@](N)(C(=O)O)C1)C1(N)CC1. The Morgan fingerprint density at radius 3 is 2.50 bits per heavy atom. The molecule has 0 radical (unpaired) electrons. The summed E-state index contributed by atoms with van der Waals surface area (Å²) in [4.78, 5) is 12.2. The third-order valence-electron chi connectivity index (χ3n) is 11.6. The fourth-order valence-corrected chi connectivity index (χ4v) is 10.6. The van der Waals surface area contributed by atoms with E-state index in [1.807, 2.05) is 0 Å². The van der Waals surface area contributed by atoms with Crippen molar-refractivity contribution in [2.75, 3.05) is 20.1 Å². The van der Waals surface area contributed by atoms with Gasteiger partial charge in [0.2, 0.25) is 0 Å². The number of carboxylic acid groups (broad SMARTS) is 1. The Morgan fingerprint density at radius 2 is 1.92 bits per heavy atom. The van der Waals surface area contributed by atoms with Crippen molar-refractivity contribution in [3.05, 3.63) is 0 Å². The minimum absolute atomic E-state index is 0.0772.